The Balaban J connectivity index is 1.69. The molecule has 0 heterocycles. The van der Waals surface area contributed by atoms with Crippen LogP contribution in [0.25, 0.3) is 0 Å². The molecule has 3 fully saturated rings. The number of allylic oxidation sites excluding steroid dienone is 2. The lowest BCUT2D eigenvalue weighted by Crippen LogP contribution is -2.51. The minimum Gasteiger partial charge on any atom is -0.463 e. The van der Waals surface area contributed by atoms with Crippen molar-refractivity contribution in [1.82, 2.24) is 0 Å². The first-order valence-corrected chi connectivity index (χ1v) is 10.7. The highest BCUT2D eigenvalue weighted by Crippen LogP contribution is 2.64. The Labute approximate surface area is 157 Å². The van der Waals surface area contributed by atoms with Gasteiger partial charge in [-0.25, -0.2) is 0 Å². The van der Waals surface area contributed by atoms with Gasteiger partial charge in [0.1, 0.15) is 6.10 Å². The maximum Gasteiger partial charge on any atom is 0.302 e. The number of fused-ring (bicyclic) bond motifs is 5. The summed E-state index contributed by atoms with van der Waals surface area (Å²) in [5.41, 5.74) is 1.38. The molecule has 4 aliphatic carbocycles. The highest BCUT2D eigenvalue weighted by atomic mass is 16.5. The van der Waals surface area contributed by atoms with E-state index in [9.17, 15) is 9.59 Å². The van der Waals surface area contributed by atoms with E-state index < -0.39 is 0 Å². The van der Waals surface area contributed by atoms with Crippen molar-refractivity contribution < 1.29 is 14.3 Å². The number of carbonyl (C=O) groups excluding carboxylic acids is 2. The van der Waals surface area contributed by atoms with Gasteiger partial charge in [-0.05, 0) is 74.7 Å². The van der Waals surface area contributed by atoms with Crippen LogP contribution in [0.15, 0.2) is 11.6 Å². The van der Waals surface area contributed by atoms with Crippen molar-refractivity contribution in [3.05, 3.63) is 11.6 Å². The molecule has 144 valence electrons. The van der Waals surface area contributed by atoms with E-state index in [2.05, 4.69) is 19.9 Å². The van der Waals surface area contributed by atoms with E-state index in [0.717, 1.165) is 18.8 Å². The van der Waals surface area contributed by atoms with E-state index in [1.165, 1.54) is 51.0 Å². The maximum absolute atomic E-state index is 13.5. The summed E-state index contributed by atoms with van der Waals surface area (Å²) in [7, 11) is 0. The summed E-state index contributed by atoms with van der Waals surface area (Å²) in [5, 5.41) is 0. The second kappa shape index (κ2) is 6.21. The minimum absolute atomic E-state index is 0.151. The first-order valence-electron chi connectivity index (χ1n) is 10.7. The monoisotopic (exact) mass is 358 g/mol. The van der Waals surface area contributed by atoms with Gasteiger partial charge < -0.3 is 4.74 Å². The zero-order valence-electron chi connectivity index (χ0n) is 16.8. The van der Waals surface area contributed by atoms with Gasteiger partial charge in [0.15, 0.2) is 5.78 Å². The van der Waals surface area contributed by atoms with Gasteiger partial charge in [-0.3, -0.25) is 9.59 Å². The van der Waals surface area contributed by atoms with Gasteiger partial charge in [0, 0.05) is 18.3 Å². The van der Waals surface area contributed by atoms with Crippen molar-refractivity contribution in [2.45, 2.75) is 85.2 Å². The fraction of sp³-hybridized carbons (Fsp3) is 0.826. The molecule has 0 aromatic rings. The lowest BCUT2D eigenvalue weighted by molar-refractivity contribution is -0.153. The summed E-state index contributed by atoms with van der Waals surface area (Å²) in [6.07, 6.45) is 11.8. The van der Waals surface area contributed by atoms with Gasteiger partial charge in [0.05, 0.1) is 0 Å². The van der Waals surface area contributed by atoms with Crippen molar-refractivity contribution in [3.63, 3.8) is 0 Å². The lowest BCUT2D eigenvalue weighted by Gasteiger charge is -2.55. The number of ether oxygens (including phenoxy) is 1. The molecule has 0 aromatic carbocycles. The highest BCUT2D eigenvalue weighted by Gasteiger charge is 2.61. The molecule has 0 spiro atoms. The Morgan fingerprint density at radius 3 is 2.65 bits per heavy atom. The molecule has 0 bridgehead atoms. The van der Waals surface area contributed by atoms with Crippen molar-refractivity contribution >= 4 is 11.8 Å². The molecule has 0 aromatic heterocycles. The number of hydrogen-bond acceptors (Lipinski definition) is 3. The summed E-state index contributed by atoms with van der Waals surface area (Å²) >= 11 is 0. The third-order valence-electron chi connectivity index (χ3n) is 8.84. The first-order chi connectivity index (χ1) is 12.3. The number of hydrogen-bond donors (Lipinski definition) is 0. The molecule has 26 heavy (non-hydrogen) atoms. The average Bonchev–Trinajstić information content (AvgIpc) is 2.94. The van der Waals surface area contributed by atoms with Gasteiger partial charge >= 0.3 is 5.97 Å². The first kappa shape index (κ1) is 18.3. The molecular weight excluding hydrogens is 324 g/mol. The summed E-state index contributed by atoms with van der Waals surface area (Å²) in [5.74, 6) is 1.98. The van der Waals surface area contributed by atoms with Crippen LogP contribution in [0.1, 0.15) is 79.1 Å². The van der Waals surface area contributed by atoms with Crippen molar-refractivity contribution in [1.29, 1.82) is 0 Å². The molecule has 0 saturated heterocycles. The Hall–Kier alpha value is -1.12. The Morgan fingerprint density at radius 2 is 1.92 bits per heavy atom. The predicted octanol–water partition coefficient (Wildman–Crippen LogP) is 5.09. The van der Waals surface area contributed by atoms with E-state index in [1.54, 1.807) is 0 Å². The molecule has 7 atom stereocenters. The molecule has 0 amide bonds. The smallest absolute Gasteiger partial charge is 0.302 e. The van der Waals surface area contributed by atoms with Crippen LogP contribution in [0.2, 0.25) is 0 Å². The summed E-state index contributed by atoms with van der Waals surface area (Å²) < 4.78 is 5.53. The molecule has 4 aliphatic rings. The fourth-order valence-corrected chi connectivity index (χ4v) is 7.48. The predicted molar refractivity (Wildman–Crippen MR) is 101 cm³/mol. The summed E-state index contributed by atoms with van der Waals surface area (Å²) in [6, 6.07) is 0. The molecule has 3 nitrogen and oxygen atoms in total. The average molecular weight is 359 g/mol. The Kier molecular flexibility index (Phi) is 4.36. The largest absolute Gasteiger partial charge is 0.463 e. The van der Waals surface area contributed by atoms with Crippen molar-refractivity contribution in [2.24, 2.45) is 34.5 Å². The SMILES string of the molecule is CC(=O)O[C@H](C)[C@H]1CC[C@H]2[C@@H]3CC[C@H]4CCCC[C@]4(C)C3=CC(=O)[C@]12C. The van der Waals surface area contributed by atoms with E-state index in [1.807, 2.05) is 6.92 Å². The Morgan fingerprint density at radius 1 is 1.15 bits per heavy atom. The van der Waals surface area contributed by atoms with E-state index >= 15 is 0 Å². The normalized spacial score (nSPS) is 45.8. The number of carbonyl (C=O) groups is 2. The van der Waals surface area contributed by atoms with Crippen molar-refractivity contribution in [2.75, 3.05) is 0 Å². The molecule has 3 saturated carbocycles. The second-order valence-corrected chi connectivity index (χ2v) is 9.90. The van der Waals surface area contributed by atoms with E-state index in [-0.39, 0.29) is 28.8 Å². The molecular formula is C23H34O3. The van der Waals surface area contributed by atoms with Crippen LogP contribution in [0.3, 0.4) is 0 Å². The molecule has 0 N–H and O–H groups in total. The fourth-order valence-electron chi connectivity index (χ4n) is 7.48. The zero-order chi connectivity index (χ0) is 18.7. The van der Waals surface area contributed by atoms with Gasteiger partial charge in [0.2, 0.25) is 0 Å². The molecule has 0 unspecified atom stereocenters. The topological polar surface area (TPSA) is 43.4 Å². The quantitative estimate of drug-likeness (QED) is 0.646. The third-order valence-corrected chi connectivity index (χ3v) is 8.84. The van der Waals surface area contributed by atoms with Crippen LogP contribution >= 0.6 is 0 Å². The third kappa shape index (κ3) is 2.45. The Bertz CT molecular complexity index is 650. The zero-order valence-corrected chi connectivity index (χ0v) is 16.8. The van der Waals surface area contributed by atoms with Gasteiger partial charge in [-0.2, -0.15) is 0 Å². The van der Waals surface area contributed by atoms with Gasteiger partial charge in [-0.1, -0.05) is 32.3 Å². The minimum atomic E-state index is -0.360. The van der Waals surface area contributed by atoms with Crippen LogP contribution < -0.4 is 0 Å². The standard InChI is InChI=1S/C23H34O3/c1-14(26-15(2)24)18-10-11-19-17-9-8-16-7-5-6-12-22(16,3)20(17)13-21(25)23(18,19)4/h13-14,16-19H,5-12H2,1-4H3/t14-,16-,17+,18-,19+,22+,23-/m1/s1. The maximum atomic E-state index is 13.5. The van der Waals surface area contributed by atoms with Crippen LogP contribution in [-0.2, 0) is 14.3 Å². The van der Waals surface area contributed by atoms with Crippen LogP contribution in [-0.4, -0.2) is 17.9 Å². The van der Waals surface area contributed by atoms with Crippen LogP contribution in [0.5, 0.6) is 0 Å². The lowest BCUT2D eigenvalue weighted by atomic mass is 9.48. The van der Waals surface area contributed by atoms with E-state index in [4.69, 9.17) is 4.74 Å². The van der Waals surface area contributed by atoms with Gasteiger partial charge in [0.25, 0.3) is 0 Å². The van der Waals surface area contributed by atoms with Crippen LogP contribution in [0.4, 0.5) is 0 Å². The molecule has 4 rings (SSSR count). The van der Waals surface area contributed by atoms with Crippen LogP contribution in [0, 0.1) is 34.5 Å². The number of ketones is 1. The summed E-state index contributed by atoms with van der Waals surface area (Å²) in [4.78, 5) is 24.9. The molecule has 3 heteroatoms. The van der Waals surface area contributed by atoms with Gasteiger partial charge in [-0.15, -0.1) is 0 Å². The highest BCUT2D eigenvalue weighted by molar-refractivity contribution is 5.97. The molecule has 0 aliphatic heterocycles. The molecule has 0 radical (unpaired) electrons. The van der Waals surface area contributed by atoms with E-state index in [0.29, 0.717) is 17.6 Å². The van der Waals surface area contributed by atoms with Crippen molar-refractivity contribution in [3.8, 4) is 0 Å². The second-order valence-electron chi connectivity index (χ2n) is 9.90. The number of rotatable bonds is 2. The number of esters is 1. The summed E-state index contributed by atoms with van der Waals surface area (Å²) in [6.45, 7) is 8.06.